The Hall–Kier alpha value is -2.82. The van der Waals surface area contributed by atoms with Crippen LogP contribution < -0.4 is 10.6 Å². The zero-order valence-corrected chi connectivity index (χ0v) is 15.2. The normalized spacial score (nSPS) is 10.2. The Morgan fingerprint density at radius 1 is 1.04 bits per heavy atom. The average Bonchev–Trinajstić information content (AvgIpc) is 2.60. The van der Waals surface area contributed by atoms with E-state index in [4.69, 9.17) is 0 Å². The fourth-order valence-electron chi connectivity index (χ4n) is 2.49. The Morgan fingerprint density at radius 2 is 1.80 bits per heavy atom. The molecule has 0 bridgehead atoms. The fourth-order valence-corrected chi connectivity index (χ4v) is 2.49. The van der Waals surface area contributed by atoms with E-state index >= 15 is 0 Å². The third kappa shape index (κ3) is 4.83. The molecule has 5 nitrogen and oxygen atoms in total. The van der Waals surface area contributed by atoms with Gasteiger partial charge in [-0.3, -0.25) is 9.59 Å². The number of rotatable bonds is 6. The van der Waals surface area contributed by atoms with Crippen molar-refractivity contribution >= 4 is 17.5 Å². The van der Waals surface area contributed by atoms with Crippen molar-refractivity contribution in [3.8, 4) is 0 Å². The van der Waals surface area contributed by atoms with Gasteiger partial charge in [0.15, 0.2) is 0 Å². The van der Waals surface area contributed by atoms with Crippen molar-refractivity contribution in [3.05, 3.63) is 64.7 Å². The minimum Gasteiger partial charge on any atom is -0.381 e. The van der Waals surface area contributed by atoms with Crippen molar-refractivity contribution in [2.24, 2.45) is 0 Å². The second kappa shape index (κ2) is 8.33. The van der Waals surface area contributed by atoms with Gasteiger partial charge in [-0.25, -0.2) is 0 Å². The Kier molecular flexibility index (Phi) is 6.17. The summed E-state index contributed by atoms with van der Waals surface area (Å²) in [5.41, 5.74) is 4.28. The molecule has 0 saturated carbocycles. The molecule has 0 fully saturated rings. The number of hydrogen-bond acceptors (Lipinski definition) is 3. The first-order chi connectivity index (χ1) is 11.9. The molecule has 2 aromatic rings. The molecule has 25 heavy (non-hydrogen) atoms. The molecular formula is C20H25N3O2. The monoisotopic (exact) mass is 339 g/mol. The summed E-state index contributed by atoms with van der Waals surface area (Å²) >= 11 is 0. The highest BCUT2D eigenvalue weighted by atomic mass is 16.2. The predicted octanol–water partition coefficient (Wildman–Crippen LogP) is 3.06. The lowest BCUT2D eigenvalue weighted by atomic mass is 10.1. The minimum absolute atomic E-state index is 0.0266. The quantitative estimate of drug-likeness (QED) is 0.850. The third-order valence-electron chi connectivity index (χ3n) is 3.90. The molecule has 0 aliphatic heterocycles. The smallest absolute Gasteiger partial charge is 0.253 e. The second-order valence-electron chi connectivity index (χ2n) is 6.14. The third-order valence-corrected chi connectivity index (χ3v) is 3.90. The van der Waals surface area contributed by atoms with Crippen LogP contribution in [-0.4, -0.2) is 37.4 Å². The SMILES string of the molecule is CCNC(=O)c1cccc(CNc2cc(C(=O)N(C)C)ccc2C)c1. The first-order valence-corrected chi connectivity index (χ1v) is 8.35. The van der Waals surface area contributed by atoms with Crippen molar-refractivity contribution < 1.29 is 9.59 Å². The number of amides is 2. The van der Waals surface area contributed by atoms with Crippen LogP contribution in [0.3, 0.4) is 0 Å². The summed E-state index contributed by atoms with van der Waals surface area (Å²) in [7, 11) is 3.48. The molecule has 0 radical (unpaired) electrons. The van der Waals surface area contributed by atoms with E-state index in [2.05, 4.69) is 10.6 Å². The van der Waals surface area contributed by atoms with Crippen LogP contribution in [0.5, 0.6) is 0 Å². The van der Waals surface area contributed by atoms with Gasteiger partial charge >= 0.3 is 0 Å². The maximum absolute atomic E-state index is 12.1. The van der Waals surface area contributed by atoms with Crippen LogP contribution in [-0.2, 0) is 6.54 Å². The van der Waals surface area contributed by atoms with Crippen LogP contribution in [0.15, 0.2) is 42.5 Å². The molecule has 0 spiro atoms. The van der Waals surface area contributed by atoms with Crippen LogP contribution in [0.2, 0.25) is 0 Å². The lowest BCUT2D eigenvalue weighted by molar-refractivity contribution is 0.0827. The molecule has 2 rings (SSSR count). The summed E-state index contributed by atoms with van der Waals surface area (Å²) in [4.78, 5) is 25.6. The zero-order valence-electron chi connectivity index (χ0n) is 15.2. The summed E-state index contributed by atoms with van der Waals surface area (Å²) in [5.74, 6) is -0.0969. The summed E-state index contributed by atoms with van der Waals surface area (Å²) < 4.78 is 0. The molecule has 0 heterocycles. The average molecular weight is 339 g/mol. The van der Waals surface area contributed by atoms with Crippen molar-refractivity contribution in [2.45, 2.75) is 20.4 Å². The highest BCUT2D eigenvalue weighted by molar-refractivity contribution is 5.95. The summed E-state index contributed by atoms with van der Waals surface area (Å²) in [6, 6.07) is 13.2. The number of carbonyl (C=O) groups is 2. The maximum Gasteiger partial charge on any atom is 0.253 e. The van der Waals surface area contributed by atoms with Gasteiger partial charge in [0, 0.05) is 44.0 Å². The largest absolute Gasteiger partial charge is 0.381 e. The number of aryl methyl sites for hydroxylation is 1. The molecule has 0 unspecified atom stereocenters. The molecule has 132 valence electrons. The van der Waals surface area contributed by atoms with E-state index in [0.717, 1.165) is 16.8 Å². The Labute approximate surface area is 149 Å². The molecule has 0 aromatic heterocycles. The topological polar surface area (TPSA) is 61.4 Å². The highest BCUT2D eigenvalue weighted by Crippen LogP contribution is 2.19. The molecule has 0 aliphatic rings. The molecule has 0 saturated heterocycles. The molecule has 2 amide bonds. The predicted molar refractivity (Wildman–Crippen MR) is 101 cm³/mol. The molecule has 5 heteroatoms. The lowest BCUT2D eigenvalue weighted by Crippen LogP contribution is -2.22. The second-order valence-corrected chi connectivity index (χ2v) is 6.14. The summed E-state index contributed by atoms with van der Waals surface area (Å²) in [6.07, 6.45) is 0. The molecular weight excluding hydrogens is 314 g/mol. The molecule has 2 aromatic carbocycles. The molecule has 0 aliphatic carbocycles. The van der Waals surface area contributed by atoms with E-state index in [-0.39, 0.29) is 11.8 Å². The Morgan fingerprint density at radius 3 is 2.48 bits per heavy atom. The zero-order chi connectivity index (χ0) is 18.4. The maximum atomic E-state index is 12.1. The number of nitrogens with one attached hydrogen (secondary N) is 2. The summed E-state index contributed by atoms with van der Waals surface area (Å²) in [6.45, 7) is 5.08. The van der Waals surface area contributed by atoms with Crippen LogP contribution in [0, 0.1) is 6.92 Å². The van der Waals surface area contributed by atoms with Crippen LogP contribution in [0.4, 0.5) is 5.69 Å². The van der Waals surface area contributed by atoms with E-state index in [0.29, 0.717) is 24.2 Å². The minimum atomic E-state index is -0.0703. The van der Waals surface area contributed by atoms with Gasteiger partial charge in [0.05, 0.1) is 0 Å². The van der Waals surface area contributed by atoms with E-state index in [9.17, 15) is 9.59 Å². The first kappa shape index (κ1) is 18.5. The number of benzene rings is 2. The van der Waals surface area contributed by atoms with Gasteiger partial charge in [-0.1, -0.05) is 18.2 Å². The number of carbonyl (C=O) groups excluding carboxylic acids is 2. The van der Waals surface area contributed by atoms with Gasteiger partial charge in [0.1, 0.15) is 0 Å². The highest BCUT2D eigenvalue weighted by Gasteiger charge is 2.10. The van der Waals surface area contributed by atoms with Gasteiger partial charge in [-0.2, -0.15) is 0 Å². The standard InChI is InChI=1S/C20H25N3O2/c1-5-21-19(24)16-8-6-7-15(11-16)13-22-18-12-17(10-9-14(18)2)20(25)23(3)4/h6-12,22H,5,13H2,1-4H3,(H,21,24). The number of hydrogen-bond donors (Lipinski definition) is 2. The van der Waals surface area contributed by atoms with E-state index in [1.54, 1.807) is 25.1 Å². The van der Waals surface area contributed by atoms with Gasteiger partial charge < -0.3 is 15.5 Å². The summed E-state index contributed by atoms with van der Waals surface area (Å²) in [5, 5.41) is 6.16. The van der Waals surface area contributed by atoms with E-state index < -0.39 is 0 Å². The van der Waals surface area contributed by atoms with Crippen molar-refractivity contribution in [1.82, 2.24) is 10.2 Å². The lowest BCUT2D eigenvalue weighted by Gasteiger charge is -2.14. The van der Waals surface area contributed by atoms with Crippen molar-refractivity contribution in [2.75, 3.05) is 26.0 Å². The number of anilines is 1. The molecule has 0 atom stereocenters. The van der Waals surface area contributed by atoms with E-state index in [1.807, 2.05) is 50.2 Å². The van der Waals surface area contributed by atoms with Crippen LogP contribution in [0.1, 0.15) is 38.8 Å². The van der Waals surface area contributed by atoms with Crippen LogP contribution >= 0.6 is 0 Å². The van der Waals surface area contributed by atoms with Crippen molar-refractivity contribution in [3.63, 3.8) is 0 Å². The number of nitrogens with zero attached hydrogens (tertiary/aromatic N) is 1. The molecule has 2 N–H and O–H groups in total. The van der Waals surface area contributed by atoms with Crippen LogP contribution in [0.25, 0.3) is 0 Å². The van der Waals surface area contributed by atoms with Gasteiger partial charge in [-0.05, 0) is 49.2 Å². The van der Waals surface area contributed by atoms with Crippen molar-refractivity contribution in [1.29, 1.82) is 0 Å². The Bertz CT molecular complexity index is 769. The van der Waals surface area contributed by atoms with Gasteiger partial charge in [0.2, 0.25) is 0 Å². The Balaban J connectivity index is 2.13. The van der Waals surface area contributed by atoms with E-state index in [1.165, 1.54) is 0 Å². The van der Waals surface area contributed by atoms with Gasteiger partial charge in [0.25, 0.3) is 11.8 Å². The first-order valence-electron chi connectivity index (χ1n) is 8.35. The van der Waals surface area contributed by atoms with Gasteiger partial charge in [-0.15, -0.1) is 0 Å². The fraction of sp³-hybridized carbons (Fsp3) is 0.300.